The molecule has 1 N–H and O–H groups in total. The molecule has 0 radical (unpaired) electrons. The summed E-state index contributed by atoms with van der Waals surface area (Å²) in [6.45, 7) is 1.95. The molecule has 0 fully saturated rings. The molecule has 1 atom stereocenters. The third-order valence-electron chi connectivity index (χ3n) is 5.86. The van der Waals surface area contributed by atoms with Crippen LogP contribution in [0.5, 0.6) is 0 Å². The lowest BCUT2D eigenvalue weighted by Gasteiger charge is -2.23. The van der Waals surface area contributed by atoms with Gasteiger partial charge in [-0.05, 0) is 67.1 Å². The van der Waals surface area contributed by atoms with Crippen molar-refractivity contribution in [1.29, 1.82) is 0 Å². The Bertz CT molecular complexity index is 1210. The van der Waals surface area contributed by atoms with Gasteiger partial charge in [-0.2, -0.15) is 0 Å². The number of rotatable bonds is 6. The van der Waals surface area contributed by atoms with Gasteiger partial charge in [-0.25, -0.2) is 8.42 Å². The summed E-state index contributed by atoms with van der Waals surface area (Å²) in [5.41, 5.74) is 4.45. The van der Waals surface area contributed by atoms with Crippen LogP contribution in [-0.4, -0.2) is 21.4 Å². The third kappa shape index (κ3) is 4.21. The van der Waals surface area contributed by atoms with Crippen LogP contribution in [0.3, 0.4) is 0 Å². The summed E-state index contributed by atoms with van der Waals surface area (Å²) >= 11 is 0. The van der Waals surface area contributed by atoms with Gasteiger partial charge in [0.05, 0.1) is 22.2 Å². The van der Waals surface area contributed by atoms with Crippen molar-refractivity contribution in [2.75, 3.05) is 11.4 Å². The van der Waals surface area contributed by atoms with E-state index in [1.54, 1.807) is 54.6 Å². The van der Waals surface area contributed by atoms with Gasteiger partial charge in [0.25, 0.3) is 15.9 Å². The Balaban J connectivity index is 1.58. The van der Waals surface area contributed by atoms with Gasteiger partial charge >= 0.3 is 0 Å². The minimum Gasteiger partial charge on any atom is -0.345 e. The number of hydrogen-bond acceptors (Lipinski definition) is 3. The number of aryl methyl sites for hydroxylation is 2. The largest absolute Gasteiger partial charge is 0.345 e. The van der Waals surface area contributed by atoms with E-state index in [0.717, 1.165) is 22.7 Å². The van der Waals surface area contributed by atoms with Crippen molar-refractivity contribution in [1.82, 2.24) is 5.32 Å². The fraction of sp³-hybridized carbons (Fsp3) is 0.240. The van der Waals surface area contributed by atoms with E-state index in [4.69, 9.17) is 0 Å². The highest BCUT2D eigenvalue weighted by atomic mass is 32.2. The summed E-state index contributed by atoms with van der Waals surface area (Å²) in [4.78, 5) is 13.3. The van der Waals surface area contributed by atoms with Crippen LogP contribution in [0.4, 0.5) is 5.69 Å². The van der Waals surface area contributed by atoms with Crippen LogP contribution >= 0.6 is 0 Å². The Morgan fingerprint density at radius 1 is 0.935 bits per heavy atom. The number of sulfonamides is 1. The maximum absolute atomic E-state index is 13.1. The number of fused-ring (bicyclic) bond motifs is 1. The molecule has 0 unspecified atom stereocenters. The first-order chi connectivity index (χ1) is 14.9. The Hall–Kier alpha value is -3.12. The second-order valence-electron chi connectivity index (χ2n) is 7.88. The zero-order valence-corrected chi connectivity index (χ0v) is 18.5. The SMILES string of the molecule is C[C@H](NC(=O)c1ccccc1N(C)S(=O)(=O)c1ccccc1)c1ccc2c(c1)CCC2. The molecule has 1 aliphatic carbocycles. The van der Waals surface area contributed by atoms with Gasteiger partial charge in [0, 0.05) is 7.05 Å². The highest BCUT2D eigenvalue weighted by Crippen LogP contribution is 2.28. The number of anilines is 1. The smallest absolute Gasteiger partial charge is 0.264 e. The van der Waals surface area contributed by atoms with Crippen LogP contribution in [-0.2, 0) is 22.9 Å². The molecule has 0 bridgehead atoms. The minimum absolute atomic E-state index is 0.180. The maximum Gasteiger partial charge on any atom is 0.264 e. The van der Waals surface area contributed by atoms with E-state index in [-0.39, 0.29) is 16.8 Å². The fourth-order valence-electron chi connectivity index (χ4n) is 4.04. The second-order valence-corrected chi connectivity index (χ2v) is 9.85. The van der Waals surface area contributed by atoms with Crippen molar-refractivity contribution in [3.8, 4) is 0 Å². The molecule has 160 valence electrons. The number of carbonyl (C=O) groups excluding carboxylic acids is 1. The zero-order valence-electron chi connectivity index (χ0n) is 17.7. The molecule has 1 amide bonds. The molecule has 0 spiro atoms. The van der Waals surface area contributed by atoms with Crippen LogP contribution in [0.2, 0.25) is 0 Å². The second kappa shape index (κ2) is 8.55. The Labute approximate surface area is 183 Å². The van der Waals surface area contributed by atoms with Crippen LogP contribution in [0.15, 0.2) is 77.7 Å². The van der Waals surface area contributed by atoms with E-state index in [2.05, 4.69) is 23.5 Å². The normalized spacial score (nSPS) is 14.0. The summed E-state index contributed by atoms with van der Waals surface area (Å²) < 4.78 is 27.3. The summed E-state index contributed by atoms with van der Waals surface area (Å²) in [7, 11) is -2.31. The number of hydrogen-bond donors (Lipinski definition) is 1. The van der Waals surface area contributed by atoms with Crippen molar-refractivity contribution in [2.45, 2.75) is 37.1 Å². The van der Waals surface area contributed by atoms with E-state index < -0.39 is 10.0 Å². The molecule has 6 heteroatoms. The van der Waals surface area contributed by atoms with Gasteiger partial charge in [0.15, 0.2) is 0 Å². The van der Waals surface area contributed by atoms with Crippen molar-refractivity contribution >= 4 is 21.6 Å². The van der Waals surface area contributed by atoms with E-state index in [1.165, 1.54) is 24.6 Å². The quantitative estimate of drug-likeness (QED) is 0.622. The third-order valence-corrected chi connectivity index (χ3v) is 7.65. The summed E-state index contributed by atoms with van der Waals surface area (Å²) in [5.74, 6) is -0.307. The Kier molecular flexibility index (Phi) is 5.83. The summed E-state index contributed by atoms with van der Waals surface area (Å²) in [6.07, 6.45) is 3.37. The molecule has 0 saturated heterocycles. The molecular formula is C25H26N2O3S. The van der Waals surface area contributed by atoms with Crippen molar-refractivity contribution in [2.24, 2.45) is 0 Å². The molecular weight excluding hydrogens is 408 g/mol. The van der Waals surface area contributed by atoms with Crippen molar-refractivity contribution in [3.63, 3.8) is 0 Å². The molecule has 3 aromatic rings. The Morgan fingerprint density at radius 3 is 2.39 bits per heavy atom. The van der Waals surface area contributed by atoms with E-state index >= 15 is 0 Å². The maximum atomic E-state index is 13.1. The molecule has 1 aliphatic rings. The topological polar surface area (TPSA) is 66.5 Å². The first-order valence-corrected chi connectivity index (χ1v) is 11.9. The first kappa shape index (κ1) is 21.1. The number of benzene rings is 3. The first-order valence-electron chi connectivity index (χ1n) is 10.4. The lowest BCUT2D eigenvalue weighted by molar-refractivity contribution is 0.0940. The molecule has 4 rings (SSSR count). The molecule has 31 heavy (non-hydrogen) atoms. The molecule has 0 aliphatic heterocycles. The highest BCUT2D eigenvalue weighted by molar-refractivity contribution is 7.92. The van der Waals surface area contributed by atoms with Gasteiger partial charge in [-0.15, -0.1) is 0 Å². The number of amides is 1. The van der Waals surface area contributed by atoms with Crippen LogP contribution < -0.4 is 9.62 Å². The standard InChI is InChI=1S/C25H26N2O3S/c1-18(20-16-15-19-9-8-10-21(19)17-20)26-25(28)23-13-6-7-14-24(23)27(2)31(29,30)22-11-4-3-5-12-22/h3-7,11-18H,8-10H2,1-2H3,(H,26,28)/t18-/m0/s1. The summed E-state index contributed by atoms with van der Waals surface area (Å²) in [6, 6.07) is 21.2. The predicted molar refractivity (Wildman–Crippen MR) is 123 cm³/mol. The van der Waals surface area contributed by atoms with Gasteiger partial charge in [0.1, 0.15) is 0 Å². The van der Waals surface area contributed by atoms with E-state index in [9.17, 15) is 13.2 Å². The Morgan fingerprint density at radius 2 is 1.61 bits per heavy atom. The zero-order chi connectivity index (χ0) is 22.0. The van der Waals surface area contributed by atoms with Gasteiger partial charge < -0.3 is 5.32 Å². The number of nitrogens with one attached hydrogen (secondary N) is 1. The molecule has 0 aromatic heterocycles. The average molecular weight is 435 g/mol. The molecule has 5 nitrogen and oxygen atoms in total. The lowest BCUT2D eigenvalue weighted by atomic mass is 10.0. The number of para-hydroxylation sites is 1. The van der Waals surface area contributed by atoms with E-state index in [0.29, 0.717) is 11.3 Å². The fourth-order valence-corrected chi connectivity index (χ4v) is 5.27. The minimum atomic E-state index is -3.78. The molecule has 0 heterocycles. The highest BCUT2D eigenvalue weighted by Gasteiger charge is 2.25. The average Bonchev–Trinajstić information content (AvgIpc) is 3.27. The van der Waals surface area contributed by atoms with Crippen LogP contribution in [0.1, 0.15) is 46.4 Å². The molecule has 0 saturated carbocycles. The van der Waals surface area contributed by atoms with Gasteiger partial charge in [0.2, 0.25) is 0 Å². The monoisotopic (exact) mass is 434 g/mol. The number of carbonyl (C=O) groups is 1. The summed E-state index contributed by atoms with van der Waals surface area (Å²) in [5, 5.41) is 3.03. The lowest BCUT2D eigenvalue weighted by Crippen LogP contribution is -2.31. The van der Waals surface area contributed by atoms with E-state index in [1.807, 2.05) is 6.92 Å². The number of nitrogens with zero attached hydrogens (tertiary/aromatic N) is 1. The van der Waals surface area contributed by atoms with Crippen LogP contribution in [0, 0.1) is 0 Å². The van der Waals surface area contributed by atoms with Crippen molar-refractivity contribution < 1.29 is 13.2 Å². The molecule has 3 aromatic carbocycles. The van der Waals surface area contributed by atoms with Gasteiger partial charge in [-0.3, -0.25) is 9.10 Å². The van der Waals surface area contributed by atoms with Crippen molar-refractivity contribution in [3.05, 3.63) is 95.1 Å². The van der Waals surface area contributed by atoms with Gasteiger partial charge in [-0.1, -0.05) is 48.5 Å². The predicted octanol–water partition coefficient (Wildman–Crippen LogP) is 4.49. The van der Waals surface area contributed by atoms with Crippen LogP contribution in [0.25, 0.3) is 0 Å².